The summed E-state index contributed by atoms with van der Waals surface area (Å²) in [6.45, 7) is 2.57. The van der Waals surface area contributed by atoms with Crippen molar-refractivity contribution >= 4 is 34.8 Å². The first-order valence-electron chi connectivity index (χ1n) is 8.93. The standard InChI is InChI=1S/C17H22F2N4OS2.CO2/c1-17(4-2-11(20)3-5-17)6-7-24-14-8-13(19)15(9-12(14)18)25-23-16-21-10-22-26-16;2-1-3/h8-11H,2-7,20H2,1H3,(H,21,22,23);. The van der Waals surface area contributed by atoms with Gasteiger partial charge in [0.2, 0.25) is 5.13 Å². The van der Waals surface area contributed by atoms with Crippen LogP contribution in [0.1, 0.15) is 39.0 Å². The Labute approximate surface area is 175 Å². The largest absolute Gasteiger partial charge is 0.490 e. The monoisotopic (exact) mass is 444 g/mol. The summed E-state index contributed by atoms with van der Waals surface area (Å²) >= 11 is 2.09. The zero-order valence-electron chi connectivity index (χ0n) is 15.8. The number of aromatic nitrogens is 2. The molecule has 0 aliphatic heterocycles. The van der Waals surface area contributed by atoms with Gasteiger partial charge >= 0.3 is 6.15 Å². The average molecular weight is 445 g/mol. The fourth-order valence-corrected chi connectivity index (χ4v) is 4.14. The van der Waals surface area contributed by atoms with Gasteiger partial charge in [0.05, 0.1) is 11.5 Å². The average Bonchev–Trinajstić information content (AvgIpc) is 3.20. The number of ether oxygens (including phenoxy) is 1. The second-order valence-electron chi connectivity index (χ2n) is 6.99. The third-order valence-electron chi connectivity index (χ3n) is 4.80. The Kier molecular flexibility index (Phi) is 8.97. The van der Waals surface area contributed by atoms with Gasteiger partial charge < -0.3 is 15.2 Å². The number of nitrogens with two attached hydrogens (primary N) is 1. The number of nitrogens with one attached hydrogen (secondary N) is 1. The molecule has 2 aromatic rings. The Hall–Kier alpha value is -2.07. The first-order chi connectivity index (χ1) is 13.9. The van der Waals surface area contributed by atoms with Gasteiger partial charge in [-0.1, -0.05) is 6.92 Å². The lowest BCUT2D eigenvalue weighted by molar-refractivity contribution is -0.191. The lowest BCUT2D eigenvalue weighted by Gasteiger charge is -2.36. The minimum absolute atomic E-state index is 0.0566. The van der Waals surface area contributed by atoms with E-state index in [0.717, 1.165) is 67.7 Å². The van der Waals surface area contributed by atoms with Crippen LogP contribution < -0.4 is 15.2 Å². The van der Waals surface area contributed by atoms with E-state index in [9.17, 15) is 8.78 Å². The maximum atomic E-state index is 14.2. The topological polar surface area (TPSA) is 107 Å². The number of halogens is 2. The summed E-state index contributed by atoms with van der Waals surface area (Å²) in [5.41, 5.74) is 6.10. The molecule has 0 unspecified atom stereocenters. The molecule has 1 fully saturated rings. The number of rotatable bonds is 7. The molecule has 0 radical (unpaired) electrons. The van der Waals surface area contributed by atoms with Crippen molar-refractivity contribution in [2.75, 3.05) is 11.3 Å². The van der Waals surface area contributed by atoms with Crippen LogP contribution in [0.5, 0.6) is 5.75 Å². The van der Waals surface area contributed by atoms with Crippen molar-refractivity contribution in [2.45, 2.75) is 50.0 Å². The molecule has 11 heteroatoms. The van der Waals surface area contributed by atoms with Crippen molar-refractivity contribution in [3.8, 4) is 5.75 Å². The number of hydrogen-bond donors (Lipinski definition) is 2. The van der Waals surface area contributed by atoms with Crippen molar-refractivity contribution in [1.82, 2.24) is 9.36 Å². The molecule has 158 valence electrons. The highest BCUT2D eigenvalue weighted by Gasteiger charge is 2.29. The van der Waals surface area contributed by atoms with E-state index in [1.54, 1.807) is 0 Å². The van der Waals surface area contributed by atoms with Crippen molar-refractivity contribution < 1.29 is 23.1 Å². The first kappa shape index (κ1) is 23.2. The van der Waals surface area contributed by atoms with Gasteiger partial charge in [-0.3, -0.25) is 0 Å². The lowest BCUT2D eigenvalue weighted by atomic mass is 9.72. The van der Waals surface area contributed by atoms with E-state index < -0.39 is 11.6 Å². The summed E-state index contributed by atoms with van der Waals surface area (Å²) in [7, 11) is 0. The van der Waals surface area contributed by atoms with Crippen LogP contribution in [0.4, 0.5) is 13.9 Å². The Bertz CT molecular complexity index is 810. The van der Waals surface area contributed by atoms with Gasteiger partial charge in [0.1, 0.15) is 12.1 Å². The molecule has 0 bridgehead atoms. The Morgan fingerprint density at radius 3 is 2.66 bits per heavy atom. The molecule has 0 saturated heterocycles. The SMILES string of the molecule is CC1(CCOc2cc(F)c(SNc3ncns3)cc2F)CCC(N)CC1.O=C=O. The van der Waals surface area contributed by atoms with E-state index in [4.69, 9.17) is 20.1 Å². The Morgan fingerprint density at radius 1 is 1.34 bits per heavy atom. The molecule has 1 aliphatic rings. The first-order valence-corrected chi connectivity index (χ1v) is 10.5. The van der Waals surface area contributed by atoms with Crippen molar-refractivity contribution in [2.24, 2.45) is 11.1 Å². The summed E-state index contributed by atoms with van der Waals surface area (Å²) in [6.07, 6.45) is 6.54. The van der Waals surface area contributed by atoms with Crippen LogP contribution in [0, 0.1) is 17.0 Å². The van der Waals surface area contributed by atoms with E-state index in [1.807, 2.05) is 0 Å². The minimum atomic E-state index is -0.580. The van der Waals surface area contributed by atoms with Gasteiger partial charge in [0, 0.05) is 23.6 Å². The van der Waals surface area contributed by atoms with Gasteiger partial charge in [0.15, 0.2) is 11.6 Å². The van der Waals surface area contributed by atoms with Gasteiger partial charge in [-0.25, -0.2) is 13.8 Å². The van der Waals surface area contributed by atoms with Gasteiger partial charge in [-0.2, -0.15) is 14.0 Å². The number of carbonyl (C=O) groups excluding carboxylic acids is 2. The third-order valence-corrected chi connectivity index (χ3v) is 6.33. The van der Waals surface area contributed by atoms with Crippen molar-refractivity contribution in [3.05, 3.63) is 30.1 Å². The molecule has 0 spiro atoms. The van der Waals surface area contributed by atoms with Crippen molar-refractivity contribution in [1.29, 1.82) is 0 Å². The zero-order chi connectivity index (χ0) is 21.3. The fraction of sp³-hybridized carbons (Fsp3) is 0.500. The summed E-state index contributed by atoms with van der Waals surface area (Å²) in [5, 5.41) is 0.524. The van der Waals surface area contributed by atoms with E-state index >= 15 is 0 Å². The summed E-state index contributed by atoms with van der Waals surface area (Å²) < 4.78 is 40.6. The fourth-order valence-electron chi connectivity index (χ4n) is 3.01. The van der Waals surface area contributed by atoms with E-state index in [0.29, 0.717) is 11.7 Å². The predicted molar refractivity (Wildman–Crippen MR) is 105 cm³/mol. The summed E-state index contributed by atoms with van der Waals surface area (Å²) in [4.78, 5) is 20.3. The third kappa shape index (κ3) is 7.36. The van der Waals surface area contributed by atoms with Crippen LogP contribution in [0.25, 0.3) is 0 Å². The molecule has 3 N–H and O–H groups in total. The molecule has 1 aromatic heterocycles. The number of nitrogens with zero attached hydrogens (tertiary/aromatic N) is 2. The van der Waals surface area contributed by atoms with Crippen LogP contribution in [0.15, 0.2) is 23.4 Å². The van der Waals surface area contributed by atoms with Crippen LogP contribution in [-0.2, 0) is 9.59 Å². The molecule has 0 atom stereocenters. The molecule has 29 heavy (non-hydrogen) atoms. The van der Waals surface area contributed by atoms with Crippen LogP contribution in [-0.4, -0.2) is 28.2 Å². The van der Waals surface area contributed by atoms with E-state index in [2.05, 4.69) is 21.0 Å². The molecule has 1 aliphatic carbocycles. The highest BCUT2D eigenvalue weighted by molar-refractivity contribution is 8.00. The number of hydrogen-bond acceptors (Lipinski definition) is 9. The molecule has 1 saturated carbocycles. The Balaban J connectivity index is 0.000000941. The molecule has 0 amide bonds. The normalized spacial score (nSPS) is 20.9. The maximum Gasteiger partial charge on any atom is 0.373 e. The summed E-state index contributed by atoms with van der Waals surface area (Å²) in [6, 6.07) is 2.51. The highest BCUT2D eigenvalue weighted by atomic mass is 32.2. The molecule has 7 nitrogen and oxygen atoms in total. The molecule has 1 heterocycles. The van der Waals surface area contributed by atoms with Crippen LogP contribution in [0.3, 0.4) is 0 Å². The van der Waals surface area contributed by atoms with Crippen LogP contribution in [0.2, 0.25) is 0 Å². The van der Waals surface area contributed by atoms with E-state index in [1.165, 1.54) is 6.33 Å². The quantitative estimate of drug-likeness (QED) is 0.617. The lowest BCUT2D eigenvalue weighted by Crippen LogP contribution is -2.33. The van der Waals surface area contributed by atoms with Crippen molar-refractivity contribution in [3.63, 3.8) is 0 Å². The van der Waals surface area contributed by atoms with E-state index in [-0.39, 0.29) is 28.3 Å². The second-order valence-corrected chi connectivity index (χ2v) is 8.62. The number of anilines is 1. The predicted octanol–water partition coefficient (Wildman–Crippen LogP) is 4.03. The molecule has 3 rings (SSSR count). The van der Waals surface area contributed by atoms with Gasteiger partial charge in [-0.15, -0.1) is 0 Å². The molecule has 1 aromatic carbocycles. The Morgan fingerprint density at radius 2 is 2.03 bits per heavy atom. The maximum absolute atomic E-state index is 14.2. The smallest absolute Gasteiger partial charge is 0.373 e. The molecular weight excluding hydrogens is 422 g/mol. The number of benzene rings is 1. The van der Waals surface area contributed by atoms with Crippen LogP contribution >= 0.6 is 23.5 Å². The highest BCUT2D eigenvalue weighted by Crippen LogP contribution is 2.38. The molecular formula is C18H22F2N4O3S2. The van der Waals surface area contributed by atoms with Gasteiger partial charge in [-0.05, 0) is 55.5 Å². The van der Waals surface area contributed by atoms with Gasteiger partial charge in [0.25, 0.3) is 0 Å². The second kappa shape index (κ2) is 11.2. The summed E-state index contributed by atoms with van der Waals surface area (Å²) in [5.74, 6) is -1.18. The zero-order valence-corrected chi connectivity index (χ0v) is 17.5. The minimum Gasteiger partial charge on any atom is -0.490 e.